The Balaban J connectivity index is 1.58. The fourth-order valence-electron chi connectivity index (χ4n) is 3.57. The van der Waals surface area contributed by atoms with Crippen LogP contribution in [-0.2, 0) is 19.4 Å². The highest BCUT2D eigenvalue weighted by molar-refractivity contribution is 7.10. The van der Waals surface area contributed by atoms with E-state index >= 15 is 0 Å². The van der Waals surface area contributed by atoms with Gasteiger partial charge in [-0.05, 0) is 42.9 Å². The number of hydrogen-bond acceptors (Lipinski definition) is 4. The number of hydrogen-bond donors (Lipinski definition) is 1. The first-order valence-electron chi connectivity index (χ1n) is 8.85. The van der Waals surface area contributed by atoms with Crippen molar-refractivity contribution in [2.24, 2.45) is 5.92 Å². The van der Waals surface area contributed by atoms with Gasteiger partial charge in [0.1, 0.15) is 5.82 Å². The summed E-state index contributed by atoms with van der Waals surface area (Å²) < 4.78 is 0. The zero-order chi connectivity index (χ0) is 18.3. The second-order valence-corrected chi connectivity index (χ2v) is 8.05. The van der Waals surface area contributed by atoms with Crippen LogP contribution in [0, 0.1) is 5.92 Å². The van der Waals surface area contributed by atoms with Gasteiger partial charge in [-0.2, -0.15) is 0 Å². The molecule has 0 aliphatic heterocycles. The summed E-state index contributed by atoms with van der Waals surface area (Å²) in [6, 6.07) is 7.23. The third kappa shape index (κ3) is 3.05. The van der Waals surface area contributed by atoms with Gasteiger partial charge >= 0.3 is 0 Å². The maximum atomic E-state index is 12.9. The standard InChI is InChI=1S/C20H21N3O2S/c1-12-7-8-13-15(11-26-17(13)9-12)20(25)23(2)10-18-21-16-6-4-3-5-14(16)19(24)22-18/h3-6,11-12H,7-10H2,1-2H3,(H,21,22,24)/t12-/m0/s1. The van der Waals surface area contributed by atoms with Gasteiger partial charge in [-0.15, -0.1) is 11.3 Å². The van der Waals surface area contributed by atoms with Crippen molar-refractivity contribution in [3.8, 4) is 0 Å². The lowest BCUT2D eigenvalue weighted by molar-refractivity contribution is 0.0780. The van der Waals surface area contributed by atoms with Crippen LogP contribution in [0.5, 0.6) is 0 Å². The molecule has 0 saturated heterocycles. The van der Waals surface area contributed by atoms with Crippen molar-refractivity contribution in [2.75, 3.05) is 7.05 Å². The van der Waals surface area contributed by atoms with E-state index in [2.05, 4.69) is 16.9 Å². The number of fused-ring (bicyclic) bond motifs is 2. The number of benzene rings is 1. The van der Waals surface area contributed by atoms with Gasteiger partial charge < -0.3 is 9.88 Å². The van der Waals surface area contributed by atoms with Crippen LogP contribution < -0.4 is 5.56 Å². The van der Waals surface area contributed by atoms with E-state index in [0.717, 1.165) is 24.8 Å². The summed E-state index contributed by atoms with van der Waals surface area (Å²) in [6.07, 6.45) is 3.17. The number of para-hydroxylation sites is 1. The van der Waals surface area contributed by atoms with E-state index in [1.165, 1.54) is 10.4 Å². The van der Waals surface area contributed by atoms with E-state index in [-0.39, 0.29) is 18.0 Å². The number of rotatable bonds is 3. The number of aromatic amines is 1. The lowest BCUT2D eigenvalue weighted by Gasteiger charge is -2.21. The summed E-state index contributed by atoms with van der Waals surface area (Å²) in [5.41, 5.74) is 2.50. The number of thiophene rings is 1. The zero-order valence-corrected chi connectivity index (χ0v) is 15.7. The number of aromatic nitrogens is 2. The molecule has 0 spiro atoms. The molecule has 5 nitrogen and oxygen atoms in total. The molecule has 0 radical (unpaired) electrons. The molecule has 0 fully saturated rings. The van der Waals surface area contributed by atoms with Crippen molar-refractivity contribution in [1.82, 2.24) is 14.9 Å². The van der Waals surface area contributed by atoms with E-state index in [1.54, 1.807) is 29.4 Å². The van der Waals surface area contributed by atoms with Gasteiger partial charge in [0.15, 0.2) is 0 Å². The first kappa shape index (κ1) is 17.0. The highest BCUT2D eigenvalue weighted by Gasteiger charge is 2.25. The maximum Gasteiger partial charge on any atom is 0.258 e. The Kier molecular flexibility index (Phi) is 4.36. The fraction of sp³-hybridized carbons (Fsp3) is 0.350. The number of H-pyrrole nitrogens is 1. The average Bonchev–Trinajstić information content (AvgIpc) is 3.04. The monoisotopic (exact) mass is 367 g/mol. The SMILES string of the molecule is C[C@H]1CCc2c(C(=O)N(C)Cc3nc4ccccc4c(=O)[nH]3)csc2C1. The Morgan fingerprint density at radius 2 is 2.19 bits per heavy atom. The normalized spacial score (nSPS) is 16.5. The summed E-state index contributed by atoms with van der Waals surface area (Å²) in [5.74, 6) is 1.18. The largest absolute Gasteiger partial charge is 0.334 e. The molecular weight excluding hydrogens is 346 g/mol. The molecule has 0 unspecified atom stereocenters. The van der Waals surface area contributed by atoms with E-state index in [1.807, 2.05) is 23.6 Å². The summed E-state index contributed by atoms with van der Waals surface area (Å²) in [7, 11) is 1.76. The Morgan fingerprint density at radius 1 is 1.38 bits per heavy atom. The van der Waals surface area contributed by atoms with Crippen LogP contribution in [0.15, 0.2) is 34.4 Å². The van der Waals surface area contributed by atoms with Gasteiger partial charge in [-0.25, -0.2) is 4.98 Å². The van der Waals surface area contributed by atoms with Gasteiger partial charge in [0.25, 0.3) is 11.5 Å². The molecule has 26 heavy (non-hydrogen) atoms. The van der Waals surface area contributed by atoms with E-state index in [0.29, 0.717) is 22.6 Å². The van der Waals surface area contributed by atoms with Crippen molar-refractivity contribution in [3.63, 3.8) is 0 Å². The predicted molar refractivity (Wildman–Crippen MR) is 104 cm³/mol. The van der Waals surface area contributed by atoms with Crippen LogP contribution >= 0.6 is 11.3 Å². The van der Waals surface area contributed by atoms with Gasteiger partial charge in [-0.3, -0.25) is 9.59 Å². The molecule has 2 heterocycles. The van der Waals surface area contributed by atoms with Crippen LogP contribution in [0.25, 0.3) is 10.9 Å². The summed E-state index contributed by atoms with van der Waals surface area (Å²) >= 11 is 1.69. The second kappa shape index (κ2) is 6.68. The summed E-state index contributed by atoms with van der Waals surface area (Å²) in [5, 5.41) is 2.55. The number of carbonyl (C=O) groups excluding carboxylic acids is 1. The highest BCUT2D eigenvalue weighted by Crippen LogP contribution is 2.33. The molecule has 2 aromatic heterocycles. The lowest BCUT2D eigenvalue weighted by atomic mass is 9.88. The van der Waals surface area contributed by atoms with Crippen molar-refractivity contribution in [1.29, 1.82) is 0 Å². The lowest BCUT2D eigenvalue weighted by Crippen LogP contribution is -2.29. The fourth-order valence-corrected chi connectivity index (χ4v) is 4.81. The van der Waals surface area contributed by atoms with Crippen LogP contribution in [0.4, 0.5) is 0 Å². The van der Waals surface area contributed by atoms with Crippen LogP contribution in [0.3, 0.4) is 0 Å². The van der Waals surface area contributed by atoms with Gasteiger partial charge in [0, 0.05) is 17.3 Å². The minimum absolute atomic E-state index is 0.00661. The molecule has 1 atom stereocenters. The van der Waals surface area contributed by atoms with Crippen LogP contribution in [0.2, 0.25) is 0 Å². The molecule has 1 N–H and O–H groups in total. The first-order chi connectivity index (χ1) is 12.5. The molecule has 1 aliphatic rings. The molecule has 0 saturated carbocycles. The second-order valence-electron chi connectivity index (χ2n) is 7.09. The molecule has 6 heteroatoms. The molecule has 4 rings (SSSR count). The van der Waals surface area contributed by atoms with Crippen molar-refractivity contribution >= 4 is 28.1 Å². The van der Waals surface area contributed by atoms with Crippen LogP contribution in [0.1, 0.15) is 40.0 Å². The average molecular weight is 367 g/mol. The van der Waals surface area contributed by atoms with Crippen LogP contribution in [-0.4, -0.2) is 27.8 Å². The first-order valence-corrected chi connectivity index (χ1v) is 9.73. The Morgan fingerprint density at radius 3 is 3.04 bits per heavy atom. The topological polar surface area (TPSA) is 66.1 Å². The van der Waals surface area contributed by atoms with Gasteiger partial charge in [0.2, 0.25) is 0 Å². The molecule has 0 bridgehead atoms. The van der Waals surface area contributed by atoms with Gasteiger partial charge in [0.05, 0.1) is 23.0 Å². The molecule has 1 aliphatic carbocycles. The van der Waals surface area contributed by atoms with E-state index in [4.69, 9.17) is 0 Å². The number of amides is 1. The minimum atomic E-state index is -0.173. The van der Waals surface area contributed by atoms with E-state index < -0.39 is 0 Å². The molecule has 3 aromatic rings. The third-order valence-electron chi connectivity index (χ3n) is 5.03. The van der Waals surface area contributed by atoms with Crippen molar-refractivity contribution < 1.29 is 4.79 Å². The molecule has 1 amide bonds. The highest BCUT2D eigenvalue weighted by atomic mass is 32.1. The Hall–Kier alpha value is -2.47. The summed E-state index contributed by atoms with van der Waals surface area (Å²) in [4.78, 5) is 35.4. The zero-order valence-electron chi connectivity index (χ0n) is 14.9. The van der Waals surface area contributed by atoms with Crippen molar-refractivity contribution in [2.45, 2.75) is 32.7 Å². The smallest absolute Gasteiger partial charge is 0.258 e. The molecule has 1 aromatic carbocycles. The maximum absolute atomic E-state index is 12.9. The number of nitrogens with one attached hydrogen (secondary N) is 1. The Labute approximate surface area is 155 Å². The minimum Gasteiger partial charge on any atom is -0.334 e. The number of carbonyl (C=O) groups is 1. The predicted octanol–water partition coefficient (Wildman–Crippen LogP) is 3.38. The Bertz CT molecular complexity index is 1040. The van der Waals surface area contributed by atoms with Crippen molar-refractivity contribution in [3.05, 3.63) is 61.8 Å². The molecular formula is C20H21N3O2S. The molecule has 134 valence electrons. The summed E-state index contributed by atoms with van der Waals surface area (Å²) in [6.45, 7) is 2.54. The third-order valence-corrected chi connectivity index (χ3v) is 6.08. The quantitative estimate of drug-likeness (QED) is 0.772. The van der Waals surface area contributed by atoms with E-state index in [9.17, 15) is 9.59 Å². The van der Waals surface area contributed by atoms with Gasteiger partial charge in [-0.1, -0.05) is 19.1 Å². The number of nitrogens with zero attached hydrogens (tertiary/aromatic N) is 2.